The highest BCUT2D eigenvalue weighted by atomic mass is 16.5. The van der Waals surface area contributed by atoms with Gasteiger partial charge in [-0.05, 0) is 12.1 Å². The number of benzene rings is 1. The van der Waals surface area contributed by atoms with Gasteiger partial charge in [-0.15, -0.1) is 0 Å². The lowest BCUT2D eigenvalue weighted by Crippen LogP contribution is -1.89. The Morgan fingerprint density at radius 2 is 2.08 bits per heavy atom. The average Bonchev–Trinajstić information content (AvgIpc) is 2.19. The second kappa shape index (κ2) is 3.23. The molecule has 0 saturated carbocycles. The third kappa shape index (κ3) is 1.36. The van der Waals surface area contributed by atoms with Crippen LogP contribution in [0.25, 0.3) is 10.9 Å². The zero-order chi connectivity index (χ0) is 9.10. The van der Waals surface area contributed by atoms with E-state index in [1.165, 1.54) is 0 Å². The zero-order valence-corrected chi connectivity index (χ0v) is 6.90. The zero-order valence-electron chi connectivity index (χ0n) is 6.90. The van der Waals surface area contributed by atoms with Crippen LogP contribution in [0.4, 0.5) is 0 Å². The Labute approximate surface area is 75.5 Å². The van der Waals surface area contributed by atoms with Crippen LogP contribution in [0.1, 0.15) is 0 Å². The predicted octanol–water partition coefficient (Wildman–Crippen LogP) is 2.22. The summed E-state index contributed by atoms with van der Waals surface area (Å²) in [6.45, 7) is 0. The van der Waals surface area contributed by atoms with Gasteiger partial charge in [0.15, 0.2) is 12.2 Å². The SMILES string of the molecule is N=COc1cccc2cccnc12. The summed E-state index contributed by atoms with van der Waals surface area (Å²) in [6.07, 6.45) is 2.61. The quantitative estimate of drug-likeness (QED) is 0.557. The van der Waals surface area contributed by atoms with Gasteiger partial charge in [-0.25, -0.2) is 0 Å². The number of fused-ring (bicyclic) bond motifs is 1. The van der Waals surface area contributed by atoms with Crippen molar-refractivity contribution in [1.82, 2.24) is 4.98 Å². The van der Waals surface area contributed by atoms with Crippen molar-refractivity contribution < 1.29 is 4.74 Å². The highest BCUT2D eigenvalue weighted by Gasteiger charge is 1.99. The fourth-order valence-electron chi connectivity index (χ4n) is 1.23. The normalized spacial score (nSPS) is 9.85. The van der Waals surface area contributed by atoms with E-state index in [2.05, 4.69) is 4.98 Å². The summed E-state index contributed by atoms with van der Waals surface area (Å²) in [5.41, 5.74) is 0.786. The van der Waals surface area contributed by atoms with Gasteiger partial charge < -0.3 is 4.74 Å². The molecule has 0 saturated heterocycles. The first-order valence-electron chi connectivity index (χ1n) is 3.91. The Balaban J connectivity index is 2.68. The van der Waals surface area contributed by atoms with Crippen LogP contribution in [-0.2, 0) is 0 Å². The molecular formula is C10H8N2O. The fourth-order valence-corrected chi connectivity index (χ4v) is 1.23. The van der Waals surface area contributed by atoms with Gasteiger partial charge in [0.1, 0.15) is 5.52 Å². The maximum atomic E-state index is 6.84. The minimum Gasteiger partial charge on any atom is -0.444 e. The summed E-state index contributed by atoms with van der Waals surface area (Å²) < 4.78 is 5.00. The van der Waals surface area contributed by atoms with Crippen molar-refractivity contribution in [2.24, 2.45) is 0 Å². The van der Waals surface area contributed by atoms with Crippen molar-refractivity contribution >= 4 is 17.3 Å². The second-order valence-electron chi connectivity index (χ2n) is 2.57. The van der Waals surface area contributed by atoms with Gasteiger partial charge in [0, 0.05) is 11.6 Å². The molecule has 0 amide bonds. The van der Waals surface area contributed by atoms with Crippen molar-refractivity contribution in [1.29, 1.82) is 5.41 Å². The van der Waals surface area contributed by atoms with E-state index >= 15 is 0 Å². The lowest BCUT2D eigenvalue weighted by Gasteiger charge is -2.01. The van der Waals surface area contributed by atoms with E-state index in [9.17, 15) is 0 Å². The Bertz CT molecular complexity index is 434. The average molecular weight is 172 g/mol. The number of hydrogen-bond acceptors (Lipinski definition) is 3. The number of nitrogens with zero attached hydrogens (tertiary/aromatic N) is 1. The van der Waals surface area contributed by atoms with E-state index in [1.54, 1.807) is 12.3 Å². The molecule has 2 aromatic rings. The summed E-state index contributed by atoms with van der Waals surface area (Å²) in [5.74, 6) is 0.619. The molecule has 0 atom stereocenters. The van der Waals surface area contributed by atoms with Gasteiger partial charge in [-0.3, -0.25) is 10.4 Å². The number of rotatable bonds is 2. The van der Waals surface area contributed by atoms with E-state index in [1.807, 2.05) is 24.3 Å². The van der Waals surface area contributed by atoms with E-state index in [4.69, 9.17) is 10.1 Å². The number of aromatic nitrogens is 1. The standard InChI is InChI=1S/C10H8N2O/c11-7-13-9-5-1-3-8-4-2-6-12-10(8)9/h1-7,11H. The van der Waals surface area contributed by atoms with Gasteiger partial charge in [0.05, 0.1) is 0 Å². The van der Waals surface area contributed by atoms with Crippen LogP contribution in [-0.4, -0.2) is 11.4 Å². The number of nitrogens with one attached hydrogen (secondary N) is 1. The largest absolute Gasteiger partial charge is 0.444 e. The lowest BCUT2D eigenvalue weighted by molar-refractivity contribution is 0.575. The van der Waals surface area contributed by atoms with Gasteiger partial charge in [-0.2, -0.15) is 0 Å². The highest BCUT2D eigenvalue weighted by molar-refractivity contribution is 5.85. The topological polar surface area (TPSA) is 46.0 Å². The van der Waals surface area contributed by atoms with E-state index in [-0.39, 0.29) is 0 Å². The molecule has 64 valence electrons. The third-order valence-corrected chi connectivity index (χ3v) is 1.78. The summed E-state index contributed by atoms with van der Waals surface area (Å²) in [7, 11) is 0. The number of para-hydroxylation sites is 1. The summed E-state index contributed by atoms with van der Waals surface area (Å²) in [4.78, 5) is 4.17. The molecule has 0 aliphatic rings. The Morgan fingerprint density at radius 3 is 2.92 bits per heavy atom. The van der Waals surface area contributed by atoms with Crippen molar-refractivity contribution in [2.45, 2.75) is 0 Å². The van der Waals surface area contributed by atoms with E-state index in [0.717, 1.165) is 17.3 Å². The second-order valence-corrected chi connectivity index (χ2v) is 2.57. The predicted molar refractivity (Wildman–Crippen MR) is 51.2 cm³/mol. The van der Waals surface area contributed by atoms with Crippen LogP contribution in [0.2, 0.25) is 0 Å². The molecule has 13 heavy (non-hydrogen) atoms. The van der Waals surface area contributed by atoms with Crippen LogP contribution >= 0.6 is 0 Å². The maximum absolute atomic E-state index is 6.84. The molecule has 0 radical (unpaired) electrons. The first-order chi connectivity index (χ1) is 6.42. The first kappa shape index (κ1) is 7.73. The van der Waals surface area contributed by atoms with Crippen LogP contribution in [0.3, 0.4) is 0 Å². The summed E-state index contributed by atoms with van der Waals surface area (Å²) >= 11 is 0. The first-order valence-corrected chi connectivity index (χ1v) is 3.91. The van der Waals surface area contributed by atoms with Gasteiger partial charge >= 0.3 is 0 Å². The summed E-state index contributed by atoms with van der Waals surface area (Å²) in [6, 6.07) is 9.46. The van der Waals surface area contributed by atoms with Gasteiger partial charge in [0.25, 0.3) is 0 Å². The number of hydrogen-bond donors (Lipinski definition) is 1. The monoisotopic (exact) mass is 172 g/mol. The minimum atomic E-state index is 0.619. The molecule has 3 nitrogen and oxygen atoms in total. The van der Waals surface area contributed by atoms with Crippen molar-refractivity contribution in [3.63, 3.8) is 0 Å². The minimum absolute atomic E-state index is 0.619. The maximum Gasteiger partial charge on any atom is 0.173 e. The van der Waals surface area contributed by atoms with Crippen LogP contribution in [0.15, 0.2) is 36.5 Å². The van der Waals surface area contributed by atoms with Crippen molar-refractivity contribution in [2.75, 3.05) is 0 Å². The molecular weight excluding hydrogens is 164 g/mol. The number of ether oxygens (including phenoxy) is 1. The molecule has 1 heterocycles. The van der Waals surface area contributed by atoms with Gasteiger partial charge in [-0.1, -0.05) is 18.2 Å². The smallest absolute Gasteiger partial charge is 0.173 e. The van der Waals surface area contributed by atoms with Gasteiger partial charge in [0.2, 0.25) is 0 Å². The van der Waals surface area contributed by atoms with Crippen LogP contribution < -0.4 is 4.74 Å². The molecule has 1 N–H and O–H groups in total. The van der Waals surface area contributed by atoms with Crippen molar-refractivity contribution in [3.8, 4) is 5.75 Å². The molecule has 0 unspecified atom stereocenters. The highest BCUT2D eigenvalue weighted by Crippen LogP contribution is 2.21. The molecule has 0 fully saturated rings. The molecule has 0 bridgehead atoms. The van der Waals surface area contributed by atoms with Crippen molar-refractivity contribution in [3.05, 3.63) is 36.5 Å². The van der Waals surface area contributed by atoms with E-state index < -0.39 is 0 Å². The Hall–Kier alpha value is -1.90. The van der Waals surface area contributed by atoms with Crippen LogP contribution in [0.5, 0.6) is 5.75 Å². The van der Waals surface area contributed by atoms with E-state index in [0.29, 0.717) is 5.75 Å². The molecule has 1 aromatic carbocycles. The Kier molecular flexibility index (Phi) is 1.92. The van der Waals surface area contributed by atoms with Crippen LogP contribution in [0, 0.1) is 5.41 Å². The molecule has 3 heteroatoms. The number of pyridine rings is 1. The molecule has 0 aliphatic carbocycles. The summed E-state index contributed by atoms with van der Waals surface area (Å²) in [5, 5.41) is 7.86. The molecule has 0 aliphatic heterocycles. The lowest BCUT2D eigenvalue weighted by atomic mass is 10.2. The molecule has 2 rings (SSSR count). The third-order valence-electron chi connectivity index (χ3n) is 1.78. The molecule has 1 aromatic heterocycles. The fraction of sp³-hybridized carbons (Fsp3) is 0. The molecule has 0 spiro atoms. The Morgan fingerprint density at radius 1 is 1.23 bits per heavy atom.